The number of nitrogens with one attached hydrogen (secondary N) is 2. The molecule has 2 aliphatic rings. The fraction of sp³-hybridized carbons (Fsp3) is 0.591. The summed E-state index contributed by atoms with van der Waals surface area (Å²) in [6, 6.07) is 5.40. The van der Waals surface area contributed by atoms with Gasteiger partial charge < -0.3 is 15.5 Å². The minimum Gasteiger partial charge on any atom is -0.371 e. The van der Waals surface area contributed by atoms with Crippen LogP contribution in [-0.2, 0) is 4.79 Å². The van der Waals surface area contributed by atoms with Gasteiger partial charge in [-0.05, 0) is 37.7 Å². The lowest BCUT2D eigenvalue weighted by atomic mass is 9.88. The molecule has 1 saturated carbocycles. The van der Waals surface area contributed by atoms with Gasteiger partial charge in [0, 0.05) is 38.2 Å². The van der Waals surface area contributed by atoms with Crippen molar-refractivity contribution in [2.24, 2.45) is 11.8 Å². The second kappa shape index (κ2) is 9.71. The average Bonchev–Trinajstić information content (AvgIpc) is 2.77. The van der Waals surface area contributed by atoms with E-state index in [0.29, 0.717) is 17.0 Å². The van der Waals surface area contributed by atoms with Crippen LogP contribution in [0.15, 0.2) is 18.2 Å². The molecule has 2 fully saturated rings. The number of nitrogens with zero attached hydrogens (tertiary/aromatic N) is 1. The molecule has 0 unspecified atom stereocenters. The van der Waals surface area contributed by atoms with Gasteiger partial charge in [-0.3, -0.25) is 14.4 Å². The molecule has 28 heavy (non-hydrogen) atoms. The quantitative estimate of drug-likeness (QED) is 0.738. The van der Waals surface area contributed by atoms with Gasteiger partial charge in [-0.25, -0.2) is 0 Å². The molecule has 0 atom stereocenters. The van der Waals surface area contributed by atoms with Gasteiger partial charge in [0.15, 0.2) is 6.29 Å². The van der Waals surface area contributed by atoms with E-state index < -0.39 is 0 Å². The second-order valence-electron chi connectivity index (χ2n) is 7.95. The summed E-state index contributed by atoms with van der Waals surface area (Å²) in [6.45, 7) is 2.37. The molecule has 6 nitrogen and oxygen atoms in total. The fourth-order valence-electron chi connectivity index (χ4n) is 4.42. The van der Waals surface area contributed by atoms with Crippen LogP contribution in [0.4, 0.5) is 5.69 Å². The van der Waals surface area contributed by atoms with Gasteiger partial charge in [0.05, 0.1) is 11.3 Å². The van der Waals surface area contributed by atoms with E-state index in [2.05, 4.69) is 15.5 Å². The predicted molar refractivity (Wildman–Crippen MR) is 110 cm³/mol. The molecule has 1 aliphatic carbocycles. The zero-order valence-corrected chi connectivity index (χ0v) is 16.7. The summed E-state index contributed by atoms with van der Waals surface area (Å²) < 4.78 is 0. The monoisotopic (exact) mass is 385 g/mol. The van der Waals surface area contributed by atoms with E-state index in [1.165, 1.54) is 19.3 Å². The van der Waals surface area contributed by atoms with Crippen molar-refractivity contribution in [1.29, 1.82) is 0 Å². The number of anilines is 1. The molecule has 0 aromatic heterocycles. The van der Waals surface area contributed by atoms with Crippen LogP contribution in [0.3, 0.4) is 0 Å². The van der Waals surface area contributed by atoms with Crippen LogP contribution in [-0.4, -0.2) is 44.8 Å². The van der Waals surface area contributed by atoms with Crippen molar-refractivity contribution < 1.29 is 14.4 Å². The highest BCUT2D eigenvalue weighted by Gasteiger charge is 2.26. The molecule has 1 aliphatic heterocycles. The van der Waals surface area contributed by atoms with E-state index in [4.69, 9.17) is 0 Å². The third kappa shape index (κ3) is 4.72. The summed E-state index contributed by atoms with van der Waals surface area (Å²) >= 11 is 0. The van der Waals surface area contributed by atoms with E-state index in [-0.39, 0.29) is 17.7 Å². The highest BCUT2D eigenvalue weighted by Crippen LogP contribution is 2.28. The van der Waals surface area contributed by atoms with E-state index in [1.807, 2.05) is 12.1 Å². The van der Waals surface area contributed by atoms with E-state index in [9.17, 15) is 14.4 Å². The normalized spacial score (nSPS) is 18.5. The standard InChI is InChI=1S/C22H31N3O3/c1-23-22(28)20-18(15-26)8-5-9-19(20)25-12-10-16(11-13-25)14-24-21(27)17-6-3-2-4-7-17/h5,8-9,15-17H,2-4,6-7,10-14H2,1H3,(H,23,28)(H,24,27). The first-order chi connectivity index (χ1) is 13.6. The summed E-state index contributed by atoms with van der Waals surface area (Å²) in [4.78, 5) is 38.2. The molecular formula is C22H31N3O3. The SMILES string of the molecule is CNC(=O)c1c(C=O)cccc1N1CCC(CNC(=O)C2CCCCC2)CC1. The van der Waals surface area contributed by atoms with Gasteiger partial charge in [-0.2, -0.15) is 0 Å². The van der Waals surface area contributed by atoms with E-state index >= 15 is 0 Å². The van der Waals surface area contributed by atoms with Crippen molar-refractivity contribution >= 4 is 23.8 Å². The number of amides is 2. The Balaban J connectivity index is 1.56. The number of carbonyl (C=O) groups is 3. The van der Waals surface area contributed by atoms with Crippen LogP contribution in [0.25, 0.3) is 0 Å². The number of carbonyl (C=O) groups excluding carboxylic acids is 3. The maximum Gasteiger partial charge on any atom is 0.253 e. The third-order valence-corrected chi connectivity index (χ3v) is 6.15. The summed E-state index contributed by atoms with van der Waals surface area (Å²) in [7, 11) is 1.58. The molecule has 1 aromatic carbocycles. The number of rotatable bonds is 6. The highest BCUT2D eigenvalue weighted by molar-refractivity contribution is 6.06. The van der Waals surface area contributed by atoms with Gasteiger partial charge in [-0.15, -0.1) is 0 Å². The lowest BCUT2D eigenvalue weighted by Crippen LogP contribution is -2.41. The Morgan fingerprint density at radius 1 is 1.11 bits per heavy atom. The van der Waals surface area contributed by atoms with Gasteiger partial charge in [-0.1, -0.05) is 31.4 Å². The van der Waals surface area contributed by atoms with Gasteiger partial charge >= 0.3 is 0 Å². The van der Waals surface area contributed by atoms with Crippen molar-refractivity contribution in [3.05, 3.63) is 29.3 Å². The molecular weight excluding hydrogens is 354 g/mol. The van der Waals surface area contributed by atoms with Gasteiger partial charge in [0.2, 0.25) is 5.91 Å². The fourth-order valence-corrected chi connectivity index (χ4v) is 4.42. The molecule has 0 spiro atoms. The highest BCUT2D eigenvalue weighted by atomic mass is 16.2. The van der Waals surface area contributed by atoms with Crippen molar-refractivity contribution in [1.82, 2.24) is 10.6 Å². The second-order valence-corrected chi connectivity index (χ2v) is 7.95. The Morgan fingerprint density at radius 3 is 2.46 bits per heavy atom. The molecule has 3 rings (SSSR count). The average molecular weight is 386 g/mol. The van der Waals surface area contributed by atoms with Crippen LogP contribution in [0.5, 0.6) is 0 Å². The Hall–Kier alpha value is -2.37. The number of aldehydes is 1. The summed E-state index contributed by atoms with van der Waals surface area (Å²) in [5.74, 6) is 0.652. The summed E-state index contributed by atoms with van der Waals surface area (Å²) in [5, 5.41) is 5.80. The topological polar surface area (TPSA) is 78.5 Å². The number of hydrogen-bond donors (Lipinski definition) is 2. The Kier molecular flexibility index (Phi) is 7.06. The minimum atomic E-state index is -0.237. The molecule has 1 heterocycles. The Bertz CT molecular complexity index is 705. The van der Waals surface area contributed by atoms with Crippen LogP contribution < -0.4 is 15.5 Å². The van der Waals surface area contributed by atoms with E-state index in [1.54, 1.807) is 13.1 Å². The third-order valence-electron chi connectivity index (χ3n) is 6.15. The number of hydrogen-bond acceptors (Lipinski definition) is 4. The van der Waals surface area contributed by atoms with Crippen LogP contribution in [0, 0.1) is 11.8 Å². The smallest absolute Gasteiger partial charge is 0.253 e. The molecule has 0 bridgehead atoms. The largest absolute Gasteiger partial charge is 0.371 e. The first kappa shape index (κ1) is 20.4. The Morgan fingerprint density at radius 2 is 1.82 bits per heavy atom. The van der Waals surface area contributed by atoms with Crippen molar-refractivity contribution in [3.8, 4) is 0 Å². The molecule has 0 radical (unpaired) electrons. The predicted octanol–water partition coefficient (Wildman–Crippen LogP) is 2.77. The molecule has 1 aromatic rings. The first-order valence-electron chi connectivity index (χ1n) is 10.5. The zero-order chi connectivity index (χ0) is 19.9. The lowest BCUT2D eigenvalue weighted by Gasteiger charge is -2.35. The molecule has 2 amide bonds. The maximum atomic E-state index is 12.4. The van der Waals surface area contributed by atoms with Gasteiger partial charge in [0.1, 0.15) is 0 Å². The van der Waals surface area contributed by atoms with Crippen molar-refractivity contribution in [3.63, 3.8) is 0 Å². The van der Waals surface area contributed by atoms with Crippen LogP contribution >= 0.6 is 0 Å². The van der Waals surface area contributed by atoms with E-state index in [0.717, 1.165) is 57.3 Å². The lowest BCUT2D eigenvalue weighted by molar-refractivity contribution is -0.126. The molecule has 1 saturated heterocycles. The van der Waals surface area contributed by atoms with Crippen LogP contribution in [0.2, 0.25) is 0 Å². The first-order valence-corrected chi connectivity index (χ1v) is 10.5. The molecule has 2 N–H and O–H groups in total. The summed E-state index contributed by atoms with van der Waals surface area (Å²) in [6.07, 6.45) is 8.31. The van der Waals surface area contributed by atoms with Crippen molar-refractivity contribution in [2.45, 2.75) is 44.9 Å². The Labute approximate surface area is 167 Å². The maximum absolute atomic E-state index is 12.4. The molecule has 152 valence electrons. The number of piperidine rings is 1. The minimum absolute atomic E-state index is 0.204. The number of benzene rings is 1. The van der Waals surface area contributed by atoms with Crippen molar-refractivity contribution in [2.75, 3.05) is 31.6 Å². The molecule has 6 heteroatoms. The summed E-state index contributed by atoms with van der Waals surface area (Å²) in [5.41, 5.74) is 1.68. The van der Waals surface area contributed by atoms with Gasteiger partial charge in [0.25, 0.3) is 5.91 Å². The van der Waals surface area contributed by atoms with Crippen LogP contribution in [0.1, 0.15) is 65.7 Å². The zero-order valence-electron chi connectivity index (χ0n) is 16.7.